The predicted octanol–water partition coefficient (Wildman–Crippen LogP) is 3.88. The van der Waals surface area contributed by atoms with E-state index in [0.717, 1.165) is 0 Å². The molecule has 0 radical (unpaired) electrons. The fraction of sp³-hybridized carbons (Fsp3) is 0.750. The van der Waals surface area contributed by atoms with Crippen LogP contribution in [0.1, 0.15) is 93.9 Å². The first kappa shape index (κ1) is 31.3. The van der Waals surface area contributed by atoms with Crippen molar-refractivity contribution in [2.75, 3.05) is 0 Å². The van der Waals surface area contributed by atoms with Crippen LogP contribution < -0.4 is 0 Å². The number of ether oxygens (including phenoxy) is 1. The molecule has 9 unspecified atom stereocenters. The third-order valence-corrected chi connectivity index (χ3v) is 11.8. The molecule has 4 rings (SSSR count). The number of aliphatic carboxylic acids is 1. The monoisotopic (exact) mass is 572 g/mol. The van der Waals surface area contributed by atoms with Crippen LogP contribution >= 0.6 is 0 Å². The van der Waals surface area contributed by atoms with Crippen LogP contribution in [0, 0.1) is 45.3 Å². The lowest BCUT2D eigenvalue weighted by Crippen LogP contribution is -2.64. The van der Waals surface area contributed by atoms with E-state index in [9.17, 15) is 39.0 Å². The number of esters is 1. The molecule has 0 bridgehead atoms. The number of allylic oxidation sites excluding steroid dienone is 1. The lowest BCUT2D eigenvalue weighted by Gasteiger charge is -2.61. The van der Waals surface area contributed by atoms with Gasteiger partial charge in [0.2, 0.25) is 0 Å². The smallest absolute Gasteiger partial charge is 0.306 e. The number of carbonyl (C=O) groups is 6. The SMILES string of the molecule is CC(=O)OC1CCC2(C)C3=C(C(=O)CC2C1(C)C)C1(C)C(=O)CC(C(C)CC(=O)CC(C)C(=O)O)C1(C)C(O)C3=O. The predicted molar refractivity (Wildman–Crippen MR) is 147 cm³/mol. The number of aliphatic hydroxyl groups is 1. The molecular weight excluding hydrogens is 528 g/mol. The molecule has 41 heavy (non-hydrogen) atoms. The molecule has 2 saturated carbocycles. The number of carboxylic acids is 1. The lowest BCUT2D eigenvalue weighted by atomic mass is 9.42. The highest BCUT2D eigenvalue weighted by Gasteiger charge is 2.73. The number of carboxylic acid groups (broad SMARTS) is 1. The number of rotatable bonds is 7. The van der Waals surface area contributed by atoms with Crippen LogP contribution in [0.25, 0.3) is 0 Å². The van der Waals surface area contributed by atoms with Crippen molar-refractivity contribution >= 4 is 35.1 Å². The second kappa shape index (κ2) is 9.96. The van der Waals surface area contributed by atoms with Gasteiger partial charge in [0.05, 0.1) is 11.3 Å². The summed E-state index contributed by atoms with van der Waals surface area (Å²) in [6.07, 6.45) is -1.10. The number of ketones is 4. The summed E-state index contributed by atoms with van der Waals surface area (Å²) in [5.41, 5.74) is -3.73. The van der Waals surface area contributed by atoms with E-state index in [1.54, 1.807) is 20.8 Å². The van der Waals surface area contributed by atoms with Gasteiger partial charge in [0.25, 0.3) is 0 Å². The van der Waals surface area contributed by atoms with E-state index >= 15 is 0 Å². The number of fused-ring (bicyclic) bond motifs is 4. The highest BCUT2D eigenvalue weighted by Crippen LogP contribution is 2.70. The van der Waals surface area contributed by atoms with Gasteiger partial charge in [-0.05, 0) is 37.5 Å². The molecule has 226 valence electrons. The molecule has 0 amide bonds. The third kappa shape index (κ3) is 4.28. The summed E-state index contributed by atoms with van der Waals surface area (Å²) in [6.45, 7) is 13.8. The zero-order valence-corrected chi connectivity index (χ0v) is 25.5. The van der Waals surface area contributed by atoms with Crippen LogP contribution in [0.5, 0.6) is 0 Å². The van der Waals surface area contributed by atoms with Crippen molar-refractivity contribution in [1.82, 2.24) is 0 Å². The average Bonchev–Trinajstić information content (AvgIpc) is 3.07. The summed E-state index contributed by atoms with van der Waals surface area (Å²) in [7, 11) is 0. The minimum Gasteiger partial charge on any atom is -0.481 e. The first-order chi connectivity index (χ1) is 18.8. The molecule has 2 N–H and O–H groups in total. The topological polar surface area (TPSA) is 152 Å². The van der Waals surface area contributed by atoms with Crippen LogP contribution in [0.3, 0.4) is 0 Å². The quantitative estimate of drug-likeness (QED) is 0.433. The summed E-state index contributed by atoms with van der Waals surface area (Å²) in [5.74, 6) is -4.98. The van der Waals surface area contributed by atoms with Gasteiger partial charge >= 0.3 is 11.9 Å². The van der Waals surface area contributed by atoms with Gasteiger partial charge in [0, 0.05) is 60.0 Å². The van der Waals surface area contributed by atoms with E-state index in [0.29, 0.717) is 12.8 Å². The zero-order valence-electron chi connectivity index (χ0n) is 25.5. The van der Waals surface area contributed by atoms with E-state index in [-0.39, 0.29) is 60.1 Å². The Kier molecular flexibility index (Phi) is 7.59. The van der Waals surface area contributed by atoms with Crippen molar-refractivity contribution in [2.24, 2.45) is 45.3 Å². The van der Waals surface area contributed by atoms with Gasteiger partial charge in [-0.1, -0.05) is 41.5 Å². The Morgan fingerprint density at radius 3 is 2.15 bits per heavy atom. The van der Waals surface area contributed by atoms with Gasteiger partial charge < -0.3 is 14.9 Å². The number of carbonyl (C=O) groups excluding carboxylic acids is 5. The summed E-state index contributed by atoms with van der Waals surface area (Å²) < 4.78 is 5.64. The average molecular weight is 573 g/mol. The molecule has 0 heterocycles. The van der Waals surface area contributed by atoms with E-state index in [1.165, 1.54) is 13.8 Å². The number of aliphatic hydroxyl groups excluding tert-OH is 1. The molecular formula is C32H44O9. The molecule has 9 heteroatoms. The normalized spacial score (nSPS) is 39.4. The maximum Gasteiger partial charge on any atom is 0.306 e. The van der Waals surface area contributed by atoms with E-state index in [2.05, 4.69) is 0 Å². The van der Waals surface area contributed by atoms with Crippen LogP contribution in [-0.2, 0) is 33.5 Å². The number of hydrogen-bond donors (Lipinski definition) is 2. The Hall–Kier alpha value is -2.68. The molecule has 0 saturated heterocycles. The van der Waals surface area contributed by atoms with Crippen molar-refractivity contribution in [3.8, 4) is 0 Å². The van der Waals surface area contributed by atoms with Crippen LogP contribution in [0.2, 0.25) is 0 Å². The Balaban J connectivity index is 1.78. The van der Waals surface area contributed by atoms with Crippen molar-refractivity contribution in [2.45, 2.75) is 106 Å². The maximum atomic E-state index is 14.3. The van der Waals surface area contributed by atoms with E-state index in [1.807, 2.05) is 20.8 Å². The molecule has 0 spiro atoms. The second-order valence-electron chi connectivity index (χ2n) is 14.4. The Morgan fingerprint density at radius 1 is 0.976 bits per heavy atom. The lowest BCUT2D eigenvalue weighted by molar-refractivity contribution is -0.172. The molecule has 9 nitrogen and oxygen atoms in total. The first-order valence-corrected chi connectivity index (χ1v) is 14.7. The molecule has 0 aromatic carbocycles. The highest BCUT2D eigenvalue weighted by molar-refractivity contribution is 6.17. The van der Waals surface area contributed by atoms with Gasteiger partial charge in [0.15, 0.2) is 11.6 Å². The Labute approximate surface area is 241 Å². The minimum atomic E-state index is -1.56. The largest absolute Gasteiger partial charge is 0.481 e. The first-order valence-electron chi connectivity index (χ1n) is 14.7. The van der Waals surface area contributed by atoms with Gasteiger partial charge in [-0.15, -0.1) is 0 Å². The van der Waals surface area contributed by atoms with Gasteiger partial charge in [-0.25, -0.2) is 0 Å². The summed E-state index contributed by atoms with van der Waals surface area (Å²) in [6, 6.07) is 0. The van der Waals surface area contributed by atoms with Gasteiger partial charge in [-0.3, -0.25) is 28.8 Å². The maximum absolute atomic E-state index is 14.3. The van der Waals surface area contributed by atoms with Crippen LogP contribution in [-0.4, -0.2) is 57.5 Å². The summed E-state index contributed by atoms with van der Waals surface area (Å²) in [4.78, 5) is 78.2. The van der Waals surface area contributed by atoms with Crippen molar-refractivity contribution in [3.05, 3.63) is 11.1 Å². The van der Waals surface area contributed by atoms with E-state index in [4.69, 9.17) is 4.74 Å². The zero-order chi connectivity index (χ0) is 31.0. The van der Waals surface area contributed by atoms with Crippen molar-refractivity contribution < 1.29 is 43.7 Å². The number of hydrogen-bond acceptors (Lipinski definition) is 8. The van der Waals surface area contributed by atoms with Crippen molar-refractivity contribution in [3.63, 3.8) is 0 Å². The molecule has 0 aliphatic heterocycles. The Morgan fingerprint density at radius 2 is 1.59 bits per heavy atom. The standard InChI is InChI=1S/C32H44O9/c1-15(11-18(34)12-16(2)28(39)40)19-13-22(36)32(8)24-20(35)14-21-29(4,5)23(41-17(3)33)9-10-30(21,6)25(24)26(37)27(38)31(19,32)7/h15-16,19,21,23,27,38H,9-14H2,1-8H3,(H,39,40). The van der Waals surface area contributed by atoms with Gasteiger partial charge in [0.1, 0.15) is 23.8 Å². The molecule has 9 atom stereocenters. The van der Waals surface area contributed by atoms with Gasteiger partial charge in [-0.2, -0.15) is 0 Å². The van der Waals surface area contributed by atoms with E-state index < -0.39 is 69.3 Å². The van der Waals surface area contributed by atoms with Crippen LogP contribution in [0.15, 0.2) is 11.1 Å². The number of Topliss-reactive ketones (excluding diaryl/α,β-unsaturated/α-hetero) is 4. The van der Waals surface area contributed by atoms with Crippen molar-refractivity contribution in [1.29, 1.82) is 0 Å². The molecule has 2 fully saturated rings. The highest BCUT2D eigenvalue weighted by atomic mass is 16.5. The molecule has 0 aromatic heterocycles. The molecule has 4 aliphatic rings. The second-order valence-corrected chi connectivity index (χ2v) is 14.4. The summed E-state index contributed by atoms with van der Waals surface area (Å²) in [5, 5.41) is 21.0. The van der Waals surface area contributed by atoms with Crippen LogP contribution in [0.4, 0.5) is 0 Å². The minimum absolute atomic E-state index is 0.00446. The fourth-order valence-corrected chi connectivity index (χ4v) is 9.25. The Bertz CT molecular complexity index is 1260. The fourth-order valence-electron chi connectivity index (χ4n) is 9.25. The molecule has 4 aliphatic carbocycles. The third-order valence-electron chi connectivity index (χ3n) is 11.8. The molecule has 0 aromatic rings. The summed E-state index contributed by atoms with van der Waals surface area (Å²) >= 11 is 0.